The highest BCUT2D eigenvalue weighted by molar-refractivity contribution is 5.92. The average molecular weight is 526 g/mol. The number of aromatic nitrogens is 2. The second-order valence-electron chi connectivity index (χ2n) is 10.3. The number of carbonyl (C=O) groups excluding carboxylic acids is 4. The number of imidazole rings is 1. The van der Waals surface area contributed by atoms with Gasteiger partial charge in [0.15, 0.2) is 11.6 Å². The van der Waals surface area contributed by atoms with Gasteiger partial charge in [0.2, 0.25) is 11.8 Å². The number of amides is 4. The number of rotatable bonds is 6. The normalized spacial score (nSPS) is 24.4. The fourth-order valence-corrected chi connectivity index (χ4v) is 6.01. The zero-order valence-corrected chi connectivity index (χ0v) is 21.7. The quantitative estimate of drug-likeness (QED) is 0.548. The van der Waals surface area contributed by atoms with Crippen molar-refractivity contribution < 1.29 is 23.6 Å². The van der Waals surface area contributed by atoms with Crippen LogP contribution in [-0.4, -0.2) is 119 Å². The van der Waals surface area contributed by atoms with Crippen LogP contribution in [0, 0.1) is 17.8 Å². The Kier molecular flexibility index (Phi) is 7.77. The van der Waals surface area contributed by atoms with Crippen molar-refractivity contribution in [1.29, 1.82) is 0 Å². The van der Waals surface area contributed by atoms with Crippen molar-refractivity contribution in [3.8, 4) is 0 Å². The molecular weight excluding hydrogens is 490 g/mol. The van der Waals surface area contributed by atoms with Crippen LogP contribution in [0.15, 0.2) is 35.2 Å². The number of nitrogens with one attached hydrogen (secondary N) is 2. The minimum absolute atomic E-state index is 0.0406. The molecule has 3 atom stereocenters. The van der Waals surface area contributed by atoms with Gasteiger partial charge >= 0.3 is 0 Å². The SMILES string of the molecule is CNC(=O)CN1CCN(C(=O)C2CN(C(=O)c3ncc[nH]3)CC2C2CCCN(C(=O)c3ccco3)C2)CC1. The summed E-state index contributed by atoms with van der Waals surface area (Å²) in [5, 5.41) is 2.64. The molecule has 3 aliphatic rings. The molecule has 4 amide bonds. The molecular formula is C26H35N7O5. The average Bonchev–Trinajstić information content (AvgIpc) is 3.74. The summed E-state index contributed by atoms with van der Waals surface area (Å²) >= 11 is 0. The van der Waals surface area contributed by atoms with E-state index in [9.17, 15) is 19.2 Å². The van der Waals surface area contributed by atoms with Crippen molar-refractivity contribution in [3.05, 3.63) is 42.4 Å². The Balaban J connectivity index is 1.30. The van der Waals surface area contributed by atoms with Gasteiger partial charge in [0.1, 0.15) is 0 Å². The predicted octanol–water partition coefficient (Wildman–Crippen LogP) is 0.134. The maximum atomic E-state index is 13.9. The van der Waals surface area contributed by atoms with Crippen LogP contribution in [0.5, 0.6) is 0 Å². The van der Waals surface area contributed by atoms with Crippen LogP contribution in [-0.2, 0) is 9.59 Å². The lowest BCUT2D eigenvalue weighted by atomic mass is 9.78. The molecule has 2 aromatic heterocycles. The molecule has 0 spiro atoms. The zero-order chi connectivity index (χ0) is 26.6. The first-order valence-electron chi connectivity index (χ1n) is 13.3. The monoisotopic (exact) mass is 525 g/mol. The molecule has 3 fully saturated rings. The van der Waals surface area contributed by atoms with Gasteiger partial charge in [-0.1, -0.05) is 0 Å². The topological polar surface area (TPSA) is 135 Å². The van der Waals surface area contributed by atoms with Crippen molar-refractivity contribution >= 4 is 23.6 Å². The third kappa shape index (κ3) is 5.45. The fourth-order valence-electron chi connectivity index (χ4n) is 6.01. The lowest BCUT2D eigenvalue weighted by Crippen LogP contribution is -2.53. The number of likely N-dealkylation sites (N-methyl/N-ethyl adjacent to an activating group) is 1. The van der Waals surface area contributed by atoms with Crippen molar-refractivity contribution in [2.75, 3.05) is 66.0 Å². The molecule has 5 heterocycles. The smallest absolute Gasteiger partial charge is 0.289 e. The summed E-state index contributed by atoms with van der Waals surface area (Å²) < 4.78 is 5.33. The molecule has 3 unspecified atom stereocenters. The molecule has 2 aromatic rings. The van der Waals surface area contributed by atoms with Gasteiger partial charge in [-0.05, 0) is 36.8 Å². The number of nitrogens with zero attached hydrogens (tertiary/aromatic N) is 5. The Labute approximate surface area is 221 Å². The number of carbonyl (C=O) groups is 4. The molecule has 204 valence electrons. The first-order valence-corrected chi connectivity index (χ1v) is 13.3. The van der Waals surface area contributed by atoms with E-state index in [2.05, 4.69) is 15.3 Å². The van der Waals surface area contributed by atoms with E-state index in [-0.39, 0.29) is 47.2 Å². The van der Waals surface area contributed by atoms with Gasteiger partial charge in [0.25, 0.3) is 11.8 Å². The second-order valence-corrected chi connectivity index (χ2v) is 10.3. The van der Waals surface area contributed by atoms with E-state index in [0.29, 0.717) is 64.7 Å². The van der Waals surface area contributed by atoms with Gasteiger partial charge in [-0.25, -0.2) is 4.98 Å². The number of furan rings is 1. The van der Waals surface area contributed by atoms with Crippen LogP contribution in [0.4, 0.5) is 0 Å². The molecule has 0 aromatic carbocycles. The van der Waals surface area contributed by atoms with E-state index in [1.54, 1.807) is 36.5 Å². The van der Waals surface area contributed by atoms with Crippen molar-refractivity contribution in [3.63, 3.8) is 0 Å². The van der Waals surface area contributed by atoms with E-state index in [4.69, 9.17) is 4.42 Å². The summed E-state index contributed by atoms with van der Waals surface area (Å²) in [6.07, 6.45) is 6.37. The fraction of sp³-hybridized carbons (Fsp3) is 0.577. The molecule has 0 radical (unpaired) electrons. The summed E-state index contributed by atoms with van der Waals surface area (Å²) in [5.41, 5.74) is 0. The summed E-state index contributed by atoms with van der Waals surface area (Å²) in [6, 6.07) is 3.37. The first-order chi connectivity index (χ1) is 18.4. The molecule has 12 nitrogen and oxygen atoms in total. The Bertz CT molecular complexity index is 1130. The number of hydrogen-bond acceptors (Lipinski definition) is 7. The number of piperidine rings is 1. The Morgan fingerprint density at radius 2 is 1.84 bits per heavy atom. The molecule has 0 aliphatic carbocycles. The maximum absolute atomic E-state index is 13.9. The summed E-state index contributed by atoms with van der Waals surface area (Å²) in [6.45, 7) is 4.58. The number of H-pyrrole nitrogens is 1. The van der Waals surface area contributed by atoms with E-state index in [0.717, 1.165) is 12.8 Å². The molecule has 0 saturated carbocycles. The van der Waals surface area contributed by atoms with Gasteiger partial charge in [0, 0.05) is 71.8 Å². The largest absolute Gasteiger partial charge is 0.459 e. The van der Waals surface area contributed by atoms with Crippen molar-refractivity contribution in [1.82, 2.24) is 34.9 Å². The van der Waals surface area contributed by atoms with Gasteiger partial charge in [-0.3, -0.25) is 24.1 Å². The minimum atomic E-state index is -0.358. The van der Waals surface area contributed by atoms with Crippen LogP contribution < -0.4 is 5.32 Å². The van der Waals surface area contributed by atoms with Gasteiger partial charge in [0.05, 0.1) is 18.7 Å². The molecule has 38 heavy (non-hydrogen) atoms. The number of aromatic amines is 1. The summed E-state index contributed by atoms with van der Waals surface area (Å²) in [4.78, 5) is 66.2. The molecule has 2 N–H and O–H groups in total. The Hall–Kier alpha value is -3.67. The van der Waals surface area contributed by atoms with Gasteiger partial charge in [-0.2, -0.15) is 0 Å². The lowest BCUT2D eigenvalue weighted by molar-refractivity contribution is -0.139. The van der Waals surface area contributed by atoms with Gasteiger partial charge < -0.3 is 29.4 Å². The molecule has 3 saturated heterocycles. The van der Waals surface area contributed by atoms with E-state index >= 15 is 0 Å². The van der Waals surface area contributed by atoms with Crippen LogP contribution in [0.3, 0.4) is 0 Å². The van der Waals surface area contributed by atoms with Crippen LogP contribution in [0.1, 0.15) is 34.0 Å². The van der Waals surface area contributed by atoms with Crippen LogP contribution in [0.25, 0.3) is 0 Å². The highest BCUT2D eigenvalue weighted by Gasteiger charge is 2.46. The number of hydrogen-bond donors (Lipinski definition) is 2. The highest BCUT2D eigenvalue weighted by atomic mass is 16.3. The maximum Gasteiger partial charge on any atom is 0.289 e. The predicted molar refractivity (Wildman–Crippen MR) is 136 cm³/mol. The van der Waals surface area contributed by atoms with E-state index in [1.165, 1.54) is 6.26 Å². The first kappa shape index (κ1) is 26.0. The van der Waals surface area contributed by atoms with Gasteiger partial charge in [-0.15, -0.1) is 0 Å². The van der Waals surface area contributed by atoms with Crippen LogP contribution in [0.2, 0.25) is 0 Å². The number of piperazine rings is 1. The third-order valence-electron chi connectivity index (χ3n) is 8.08. The molecule has 3 aliphatic heterocycles. The van der Waals surface area contributed by atoms with Crippen molar-refractivity contribution in [2.45, 2.75) is 12.8 Å². The standard InChI is InChI=1S/C26H35N7O5/c1-27-22(34)17-30-9-11-31(12-10-30)24(35)20-16-33(26(37)23-28-6-7-29-23)15-19(20)18-4-2-8-32(14-18)25(36)21-5-3-13-38-21/h3,5-7,13,18-20H,2,4,8-12,14-17H2,1H3,(H,27,34)(H,28,29). The summed E-state index contributed by atoms with van der Waals surface area (Å²) in [7, 11) is 1.62. The van der Waals surface area contributed by atoms with E-state index < -0.39 is 0 Å². The van der Waals surface area contributed by atoms with Crippen molar-refractivity contribution in [2.24, 2.45) is 17.8 Å². The molecule has 0 bridgehead atoms. The second kappa shape index (κ2) is 11.4. The number of likely N-dealkylation sites (tertiary alicyclic amines) is 2. The lowest BCUT2D eigenvalue weighted by Gasteiger charge is -2.39. The summed E-state index contributed by atoms with van der Waals surface area (Å²) in [5.74, 6) is -0.133. The Morgan fingerprint density at radius 1 is 1.03 bits per heavy atom. The zero-order valence-electron chi connectivity index (χ0n) is 21.7. The van der Waals surface area contributed by atoms with Crippen LogP contribution >= 0.6 is 0 Å². The third-order valence-corrected chi connectivity index (χ3v) is 8.08. The molecule has 5 rings (SSSR count). The Morgan fingerprint density at radius 3 is 2.53 bits per heavy atom. The highest BCUT2D eigenvalue weighted by Crippen LogP contribution is 2.37. The van der Waals surface area contributed by atoms with E-state index in [1.807, 2.05) is 14.7 Å². The minimum Gasteiger partial charge on any atom is -0.459 e. The molecule has 12 heteroatoms.